The highest BCUT2D eigenvalue weighted by atomic mass is 79.9. The first-order chi connectivity index (χ1) is 12.8. The number of benzene rings is 1. The standard InChI is InChI=1S/C19H17BrN4O3/c1-22-15(11-24-9-7-12(21)8-10-24)16(18(26)23(2)19(22)27)17(25)13-5-3-4-6-14(13)20/h3-10,21H,11H2,1-2H3. The molecule has 1 aromatic carbocycles. The van der Waals surface area contributed by atoms with Crippen molar-refractivity contribution in [2.75, 3.05) is 0 Å². The lowest BCUT2D eigenvalue weighted by molar-refractivity contribution is 0.103. The molecule has 3 rings (SSSR count). The molecule has 0 atom stereocenters. The van der Waals surface area contributed by atoms with Crippen LogP contribution in [0, 0.1) is 5.41 Å². The van der Waals surface area contributed by atoms with E-state index < -0.39 is 17.0 Å². The minimum atomic E-state index is -0.633. The lowest BCUT2D eigenvalue weighted by Gasteiger charge is -2.16. The van der Waals surface area contributed by atoms with E-state index in [9.17, 15) is 14.4 Å². The number of pyridine rings is 1. The number of rotatable bonds is 4. The number of carbonyl (C=O) groups is 1. The maximum atomic E-state index is 13.2. The maximum absolute atomic E-state index is 13.2. The van der Waals surface area contributed by atoms with Gasteiger partial charge in [-0.2, -0.15) is 0 Å². The number of nitrogens with one attached hydrogen (secondary N) is 1. The van der Waals surface area contributed by atoms with Crippen LogP contribution in [0.4, 0.5) is 0 Å². The Labute approximate surface area is 162 Å². The van der Waals surface area contributed by atoms with Crippen LogP contribution >= 0.6 is 15.9 Å². The molecular weight excluding hydrogens is 412 g/mol. The lowest BCUT2D eigenvalue weighted by Crippen LogP contribution is -2.43. The Morgan fingerprint density at radius 2 is 1.67 bits per heavy atom. The molecule has 27 heavy (non-hydrogen) atoms. The first-order valence-electron chi connectivity index (χ1n) is 8.10. The zero-order valence-corrected chi connectivity index (χ0v) is 16.4. The van der Waals surface area contributed by atoms with Crippen molar-refractivity contribution in [1.29, 1.82) is 5.41 Å². The highest BCUT2D eigenvalue weighted by Crippen LogP contribution is 2.20. The number of hydrogen-bond donors (Lipinski definition) is 1. The minimum Gasteiger partial charge on any atom is -0.348 e. The Balaban J connectivity index is 2.26. The molecule has 2 aromatic heterocycles. The van der Waals surface area contributed by atoms with Gasteiger partial charge in [0, 0.05) is 36.5 Å². The molecule has 0 aliphatic rings. The minimum absolute atomic E-state index is 0.0473. The number of aromatic nitrogens is 3. The van der Waals surface area contributed by atoms with Gasteiger partial charge >= 0.3 is 5.69 Å². The van der Waals surface area contributed by atoms with Gasteiger partial charge in [0.25, 0.3) is 5.56 Å². The van der Waals surface area contributed by atoms with Gasteiger partial charge in [-0.1, -0.05) is 28.1 Å². The van der Waals surface area contributed by atoms with Crippen molar-refractivity contribution >= 4 is 21.7 Å². The third kappa shape index (κ3) is 3.48. The number of nitrogens with zero attached hydrogens (tertiary/aromatic N) is 3. The second-order valence-corrected chi connectivity index (χ2v) is 6.95. The molecule has 0 amide bonds. The van der Waals surface area contributed by atoms with E-state index in [2.05, 4.69) is 15.9 Å². The summed E-state index contributed by atoms with van der Waals surface area (Å²) in [5.74, 6) is -0.452. The second kappa shape index (κ2) is 7.32. The Morgan fingerprint density at radius 1 is 1.04 bits per heavy atom. The molecule has 7 nitrogen and oxygen atoms in total. The predicted octanol–water partition coefficient (Wildman–Crippen LogP) is 1.41. The SMILES string of the molecule is Cn1c(Cn2ccc(=N)cc2)c(C(=O)c2ccccc2Br)c(=O)n(C)c1=O. The molecule has 0 aliphatic heterocycles. The fraction of sp³-hybridized carbons (Fsp3) is 0.158. The summed E-state index contributed by atoms with van der Waals surface area (Å²) in [5, 5.41) is 7.92. The van der Waals surface area contributed by atoms with E-state index in [4.69, 9.17) is 5.41 Å². The van der Waals surface area contributed by atoms with E-state index >= 15 is 0 Å². The Kier molecular flexibility index (Phi) is 5.09. The monoisotopic (exact) mass is 428 g/mol. The molecule has 1 N–H and O–H groups in total. The first-order valence-corrected chi connectivity index (χ1v) is 8.89. The third-order valence-electron chi connectivity index (χ3n) is 4.35. The molecule has 2 heterocycles. The van der Waals surface area contributed by atoms with Gasteiger partial charge in [-0.3, -0.25) is 18.7 Å². The van der Waals surface area contributed by atoms with Crippen LogP contribution < -0.4 is 16.6 Å². The Morgan fingerprint density at radius 3 is 2.30 bits per heavy atom. The van der Waals surface area contributed by atoms with Gasteiger partial charge in [0.05, 0.1) is 17.6 Å². The summed E-state index contributed by atoms with van der Waals surface area (Å²) in [7, 11) is 2.89. The van der Waals surface area contributed by atoms with E-state index in [0.717, 1.165) is 4.57 Å². The van der Waals surface area contributed by atoms with Gasteiger partial charge in [-0.15, -0.1) is 0 Å². The number of carbonyl (C=O) groups excluding carboxylic acids is 1. The fourth-order valence-corrected chi connectivity index (χ4v) is 3.28. The van der Waals surface area contributed by atoms with Crippen molar-refractivity contribution in [2.24, 2.45) is 14.1 Å². The molecule has 138 valence electrons. The van der Waals surface area contributed by atoms with Crippen LogP contribution in [-0.2, 0) is 20.6 Å². The lowest BCUT2D eigenvalue weighted by atomic mass is 10.0. The van der Waals surface area contributed by atoms with Crippen LogP contribution in [-0.4, -0.2) is 19.5 Å². The quantitative estimate of drug-likeness (QED) is 0.636. The number of hydrogen-bond acceptors (Lipinski definition) is 4. The average molecular weight is 429 g/mol. The third-order valence-corrected chi connectivity index (χ3v) is 5.05. The van der Waals surface area contributed by atoms with Crippen molar-refractivity contribution in [3.63, 3.8) is 0 Å². The molecule has 0 aliphatic carbocycles. The fourth-order valence-electron chi connectivity index (χ4n) is 2.82. The van der Waals surface area contributed by atoms with E-state index in [-0.39, 0.29) is 12.1 Å². The molecule has 0 bridgehead atoms. The maximum Gasteiger partial charge on any atom is 0.330 e. The molecule has 0 radical (unpaired) electrons. The van der Waals surface area contributed by atoms with Crippen molar-refractivity contribution < 1.29 is 4.79 Å². The first kappa shape index (κ1) is 18.8. The van der Waals surface area contributed by atoms with E-state index in [1.54, 1.807) is 53.4 Å². The average Bonchev–Trinajstić information content (AvgIpc) is 2.66. The van der Waals surface area contributed by atoms with Crippen LogP contribution in [0.15, 0.2) is 62.9 Å². The van der Waals surface area contributed by atoms with Crippen LogP contribution in [0.3, 0.4) is 0 Å². The zero-order chi connectivity index (χ0) is 19.7. The molecule has 0 saturated carbocycles. The van der Waals surface area contributed by atoms with Gasteiger partial charge in [0.2, 0.25) is 5.78 Å². The summed E-state index contributed by atoms with van der Waals surface area (Å²) in [6.45, 7) is 0.146. The van der Waals surface area contributed by atoms with E-state index in [1.165, 1.54) is 18.7 Å². The largest absolute Gasteiger partial charge is 0.348 e. The summed E-state index contributed by atoms with van der Waals surface area (Å²) in [6.07, 6.45) is 3.33. The summed E-state index contributed by atoms with van der Waals surface area (Å²) in [6, 6.07) is 10.0. The Bertz CT molecular complexity index is 1200. The van der Waals surface area contributed by atoms with Crippen LogP contribution in [0.2, 0.25) is 0 Å². The Hall–Kier alpha value is -3.00. The van der Waals surface area contributed by atoms with Gasteiger partial charge in [0.15, 0.2) is 0 Å². The summed E-state index contributed by atoms with van der Waals surface area (Å²) >= 11 is 3.35. The van der Waals surface area contributed by atoms with Crippen molar-refractivity contribution in [1.82, 2.24) is 13.7 Å². The second-order valence-electron chi connectivity index (χ2n) is 6.10. The van der Waals surface area contributed by atoms with Crippen molar-refractivity contribution in [2.45, 2.75) is 6.54 Å². The normalized spacial score (nSPS) is 10.8. The summed E-state index contributed by atoms with van der Waals surface area (Å²) in [4.78, 5) is 38.4. The zero-order valence-electron chi connectivity index (χ0n) is 14.8. The van der Waals surface area contributed by atoms with Gasteiger partial charge in [-0.25, -0.2) is 4.79 Å². The van der Waals surface area contributed by atoms with Gasteiger partial charge in [-0.05, 0) is 24.3 Å². The number of halogens is 1. The molecule has 0 spiro atoms. The topological polar surface area (TPSA) is 89.8 Å². The highest BCUT2D eigenvalue weighted by Gasteiger charge is 2.24. The predicted molar refractivity (Wildman–Crippen MR) is 104 cm³/mol. The highest BCUT2D eigenvalue weighted by molar-refractivity contribution is 9.10. The van der Waals surface area contributed by atoms with Gasteiger partial charge < -0.3 is 9.98 Å². The molecule has 0 saturated heterocycles. The van der Waals surface area contributed by atoms with Crippen LogP contribution in [0.1, 0.15) is 21.6 Å². The summed E-state index contributed by atoms with van der Waals surface area (Å²) < 4.78 is 4.53. The number of ketones is 1. The molecule has 3 aromatic rings. The molecule has 8 heteroatoms. The molecule has 0 unspecified atom stereocenters. The van der Waals surface area contributed by atoms with E-state index in [1.807, 2.05) is 0 Å². The van der Waals surface area contributed by atoms with Crippen LogP contribution in [0.5, 0.6) is 0 Å². The smallest absolute Gasteiger partial charge is 0.330 e. The van der Waals surface area contributed by atoms with Gasteiger partial charge in [0.1, 0.15) is 5.56 Å². The summed E-state index contributed by atoms with van der Waals surface area (Å²) in [5.41, 5.74) is -0.524. The van der Waals surface area contributed by atoms with Crippen molar-refractivity contribution in [3.05, 3.63) is 96.3 Å². The molecule has 0 fully saturated rings. The molecular formula is C19H17BrN4O3. The van der Waals surface area contributed by atoms with E-state index in [0.29, 0.717) is 21.1 Å². The van der Waals surface area contributed by atoms with Crippen molar-refractivity contribution in [3.8, 4) is 0 Å². The van der Waals surface area contributed by atoms with Crippen LogP contribution in [0.25, 0.3) is 0 Å².